The Morgan fingerprint density at radius 3 is 2.46 bits per heavy atom. The second kappa shape index (κ2) is 7.51. The predicted molar refractivity (Wildman–Crippen MR) is 98.2 cm³/mol. The van der Waals surface area contributed by atoms with Gasteiger partial charge in [0, 0.05) is 37.0 Å². The van der Waals surface area contributed by atoms with Crippen molar-refractivity contribution in [1.82, 2.24) is 9.78 Å². The smallest absolute Gasteiger partial charge is 0.132 e. The van der Waals surface area contributed by atoms with Crippen LogP contribution in [0.2, 0.25) is 5.15 Å². The van der Waals surface area contributed by atoms with E-state index < -0.39 is 0 Å². The number of aliphatic hydroxyl groups is 1. The lowest BCUT2D eigenvalue weighted by Gasteiger charge is -2.08. The summed E-state index contributed by atoms with van der Waals surface area (Å²) in [5.41, 5.74) is 5.05. The maximum absolute atomic E-state index is 8.97. The Bertz CT molecular complexity index is 797. The van der Waals surface area contributed by atoms with Gasteiger partial charge in [0.15, 0.2) is 0 Å². The van der Waals surface area contributed by atoms with Crippen LogP contribution in [0.3, 0.4) is 0 Å². The van der Waals surface area contributed by atoms with Crippen molar-refractivity contribution in [3.8, 4) is 11.3 Å². The summed E-state index contributed by atoms with van der Waals surface area (Å²) >= 11 is 6.43. The van der Waals surface area contributed by atoms with Crippen molar-refractivity contribution in [2.24, 2.45) is 7.05 Å². The molecule has 0 aliphatic rings. The molecule has 0 amide bonds. The molecule has 2 N–H and O–H groups in total. The van der Waals surface area contributed by atoms with E-state index in [1.807, 2.05) is 61.6 Å². The molecule has 124 valence electrons. The lowest BCUT2D eigenvalue weighted by molar-refractivity contribution is 0.299. The zero-order valence-corrected chi connectivity index (χ0v) is 14.3. The fourth-order valence-electron chi connectivity index (χ4n) is 2.64. The lowest BCUT2D eigenvalue weighted by Crippen LogP contribution is -2.01. The van der Waals surface area contributed by atoms with Gasteiger partial charge in [-0.1, -0.05) is 54.1 Å². The number of hydrogen-bond acceptors (Lipinski definition) is 3. The van der Waals surface area contributed by atoms with Gasteiger partial charge in [-0.2, -0.15) is 5.10 Å². The van der Waals surface area contributed by atoms with E-state index in [4.69, 9.17) is 16.7 Å². The highest BCUT2D eigenvalue weighted by Crippen LogP contribution is 2.29. The SMILES string of the molecule is Cn1nc(-c2ccccc2)c(CNc2ccc(CCO)cc2)c1Cl. The van der Waals surface area contributed by atoms with Crippen LogP contribution in [0, 0.1) is 0 Å². The summed E-state index contributed by atoms with van der Waals surface area (Å²) in [4.78, 5) is 0. The molecule has 1 heterocycles. The van der Waals surface area contributed by atoms with Gasteiger partial charge in [-0.3, -0.25) is 4.68 Å². The Hall–Kier alpha value is -2.30. The molecule has 2 aromatic carbocycles. The van der Waals surface area contributed by atoms with Gasteiger partial charge in [-0.05, 0) is 24.1 Å². The lowest BCUT2D eigenvalue weighted by atomic mass is 10.1. The number of nitrogens with one attached hydrogen (secondary N) is 1. The molecular formula is C19H20ClN3O. The first-order valence-corrected chi connectivity index (χ1v) is 8.27. The van der Waals surface area contributed by atoms with Crippen molar-refractivity contribution in [3.05, 3.63) is 70.9 Å². The molecule has 0 fully saturated rings. The van der Waals surface area contributed by atoms with Gasteiger partial charge >= 0.3 is 0 Å². The second-order valence-electron chi connectivity index (χ2n) is 5.63. The van der Waals surface area contributed by atoms with Gasteiger partial charge in [0.2, 0.25) is 0 Å². The number of aliphatic hydroxyl groups excluding tert-OH is 1. The largest absolute Gasteiger partial charge is 0.396 e. The average molecular weight is 342 g/mol. The van der Waals surface area contributed by atoms with Crippen LogP contribution >= 0.6 is 11.6 Å². The van der Waals surface area contributed by atoms with Gasteiger partial charge in [-0.15, -0.1) is 0 Å². The number of halogens is 1. The van der Waals surface area contributed by atoms with Crippen molar-refractivity contribution >= 4 is 17.3 Å². The Labute approximate surface area is 146 Å². The fraction of sp³-hybridized carbons (Fsp3) is 0.211. The summed E-state index contributed by atoms with van der Waals surface area (Å²) in [5, 5.41) is 17.6. The molecule has 3 rings (SSSR count). The number of anilines is 1. The van der Waals surface area contributed by atoms with Gasteiger partial charge in [0.25, 0.3) is 0 Å². The summed E-state index contributed by atoms with van der Waals surface area (Å²) in [7, 11) is 1.85. The van der Waals surface area contributed by atoms with Gasteiger partial charge in [0.05, 0.1) is 5.69 Å². The Morgan fingerprint density at radius 2 is 1.79 bits per heavy atom. The molecule has 5 heteroatoms. The van der Waals surface area contributed by atoms with E-state index in [9.17, 15) is 0 Å². The fourth-order valence-corrected chi connectivity index (χ4v) is 2.83. The van der Waals surface area contributed by atoms with E-state index in [1.54, 1.807) is 4.68 Å². The van der Waals surface area contributed by atoms with E-state index in [2.05, 4.69) is 10.4 Å². The third kappa shape index (κ3) is 3.61. The summed E-state index contributed by atoms with van der Waals surface area (Å²) in [6.45, 7) is 0.759. The number of aryl methyl sites for hydroxylation is 1. The van der Waals surface area contributed by atoms with Crippen LogP contribution in [0.1, 0.15) is 11.1 Å². The third-order valence-electron chi connectivity index (χ3n) is 3.94. The van der Waals surface area contributed by atoms with Crippen molar-refractivity contribution in [3.63, 3.8) is 0 Å². The molecule has 0 saturated heterocycles. The molecule has 0 aliphatic heterocycles. The summed E-state index contributed by atoms with van der Waals surface area (Å²) in [6.07, 6.45) is 0.673. The average Bonchev–Trinajstić information content (AvgIpc) is 2.90. The summed E-state index contributed by atoms with van der Waals surface area (Å²) < 4.78 is 1.70. The standard InChI is InChI=1S/C19H20ClN3O/c1-23-19(20)17(18(22-23)15-5-3-2-4-6-15)13-21-16-9-7-14(8-10-16)11-12-24/h2-10,21,24H,11-13H2,1H3. The van der Waals surface area contributed by atoms with Crippen LogP contribution in [-0.4, -0.2) is 21.5 Å². The van der Waals surface area contributed by atoms with E-state index in [1.165, 1.54) is 0 Å². The van der Waals surface area contributed by atoms with E-state index >= 15 is 0 Å². The van der Waals surface area contributed by atoms with Crippen LogP contribution in [-0.2, 0) is 20.0 Å². The van der Waals surface area contributed by atoms with Gasteiger partial charge < -0.3 is 10.4 Å². The van der Waals surface area contributed by atoms with Crippen LogP contribution in [0.15, 0.2) is 54.6 Å². The minimum absolute atomic E-state index is 0.165. The van der Waals surface area contributed by atoms with Crippen molar-refractivity contribution in [1.29, 1.82) is 0 Å². The van der Waals surface area contributed by atoms with E-state index in [-0.39, 0.29) is 6.61 Å². The van der Waals surface area contributed by atoms with E-state index in [0.717, 1.165) is 28.1 Å². The number of hydrogen-bond donors (Lipinski definition) is 2. The van der Waals surface area contributed by atoms with Crippen LogP contribution in [0.25, 0.3) is 11.3 Å². The molecule has 1 aromatic heterocycles. The zero-order valence-electron chi connectivity index (χ0n) is 13.5. The monoisotopic (exact) mass is 341 g/mol. The van der Waals surface area contributed by atoms with Crippen LogP contribution in [0.5, 0.6) is 0 Å². The quantitative estimate of drug-likeness (QED) is 0.715. The molecular weight excluding hydrogens is 322 g/mol. The molecule has 0 unspecified atom stereocenters. The molecule has 0 bridgehead atoms. The van der Waals surface area contributed by atoms with Crippen LogP contribution in [0.4, 0.5) is 5.69 Å². The normalized spacial score (nSPS) is 10.8. The highest BCUT2D eigenvalue weighted by Gasteiger charge is 2.15. The number of rotatable bonds is 6. The van der Waals surface area contributed by atoms with Crippen molar-refractivity contribution in [2.45, 2.75) is 13.0 Å². The van der Waals surface area contributed by atoms with Crippen molar-refractivity contribution < 1.29 is 5.11 Å². The Balaban J connectivity index is 1.80. The Kier molecular flexibility index (Phi) is 5.18. The minimum Gasteiger partial charge on any atom is -0.396 e. The topological polar surface area (TPSA) is 50.1 Å². The first-order chi connectivity index (χ1) is 11.7. The highest BCUT2D eigenvalue weighted by molar-refractivity contribution is 6.30. The third-order valence-corrected chi connectivity index (χ3v) is 4.41. The molecule has 0 aliphatic carbocycles. The maximum atomic E-state index is 8.97. The maximum Gasteiger partial charge on any atom is 0.132 e. The van der Waals surface area contributed by atoms with Gasteiger partial charge in [-0.25, -0.2) is 0 Å². The van der Waals surface area contributed by atoms with Crippen LogP contribution < -0.4 is 5.32 Å². The molecule has 0 atom stereocenters. The molecule has 0 spiro atoms. The number of benzene rings is 2. The molecule has 3 aromatic rings. The zero-order chi connectivity index (χ0) is 16.9. The molecule has 4 nitrogen and oxygen atoms in total. The van der Waals surface area contributed by atoms with Gasteiger partial charge in [0.1, 0.15) is 5.15 Å². The summed E-state index contributed by atoms with van der Waals surface area (Å²) in [5.74, 6) is 0. The molecule has 0 radical (unpaired) electrons. The first kappa shape index (κ1) is 16.6. The molecule has 24 heavy (non-hydrogen) atoms. The summed E-state index contributed by atoms with van der Waals surface area (Å²) in [6, 6.07) is 18.1. The predicted octanol–water partition coefficient (Wildman–Crippen LogP) is 3.89. The number of nitrogens with zero attached hydrogens (tertiary/aromatic N) is 2. The van der Waals surface area contributed by atoms with Crippen molar-refractivity contribution in [2.75, 3.05) is 11.9 Å². The second-order valence-corrected chi connectivity index (χ2v) is 5.99. The molecule has 0 saturated carbocycles. The minimum atomic E-state index is 0.165. The highest BCUT2D eigenvalue weighted by atomic mass is 35.5. The Morgan fingerprint density at radius 1 is 1.08 bits per heavy atom. The first-order valence-electron chi connectivity index (χ1n) is 7.89. The van der Waals surface area contributed by atoms with E-state index in [0.29, 0.717) is 18.1 Å². The number of aromatic nitrogens is 2.